The number of aromatic nitrogens is 4. The van der Waals surface area contributed by atoms with Crippen LogP contribution in [0.1, 0.15) is 45.0 Å². The lowest BCUT2D eigenvalue weighted by Gasteiger charge is -2.10. The number of pyridine rings is 1. The topological polar surface area (TPSA) is 89.6 Å². The molecule has 2 aromatic rings. The van der Waals surface area contributed by atoms with E-state index >= 15 is 0 Å². The first-order chi connectivity index (χ1) is 9.52. The van der Waals surface area contributed by atoms with Crippen LogP contribution in [0.3, 0.4) is 0 Å². The standard InChI is InChI=1S/C13H19N5OS/c1-4-10(14)11-6-5-9(7-15-11)20-13-17-16-12(19)18(13)8(2)3/h5-8,10H,4,14H2,1-3H3,(H,16,19). The third-order valence-corrected chi connectivity index (χ3v) is 3.92. The van der Waals surface area contributed by atoms with Gasteiger partial charge in [-0.1, -0.05) is 6.92 Å². The predicted molar refractivity (Wildman–Crippen MR) is 78.8 cm³/mol. The Hall–Kier alpha value is -1.60. The van der Waals surface area contributed by atoms with Crippen LogP contribution in [0.5, 0.6) is 0 Å². The lowest BCUT2D eigenvalue weighted by molar-refractivity contribution is 0.534. The Morgan fingerprint density at radius 1 is 1.45 bits per heavy atom. The molecule has 0 aliphatic carbocycles. The monoisotopic (exact) mass is 293 g/mol. The molecule has 0 aliphatic heterocycles. The molecule has 0 bridgehead atoms. The van der Waals surface area contributed by atoms with Crippen molar-refractivity contribution < 1.29 is 0 Å². The zero-order chi connectivity index (χ0) is 14.7. The van der Waals surface area contributed by atoms with Crippen LogP contribution < -0.4 is 11.4 Å². The fourth-order valence-corrected chi connectivity index (χ4v) is 2.74. The fourth-order valence-electron chi connectivity index (χ4n) is 1.80. The van der Waals surface area contributed by atoms with Crippen LogP contribution in [0.15, 0.2) is 33.2 Å². The average molecular weight is 293 g/mol. The molecule has 1 unspecified atom stereocenters. The lowest BCUT2D eigenvalue weighted by Crippen LogP contribution is -2.19. The van der Waals surface area contributed by atoms with Gasteiger partial charge < -0.3 is 5.73 Å². The highest BCUT2D eigenvalue weighted by Crippen LogP contribution is 2.26. The number of rotatable bonds is 5. The quantitative estimate of drug-likeness (QED) is 0.881. The highest BCUT2D eigenvalue weighted by atomic mass is 32.2. The van der Waals surface area contributed by atoms with Gasteiger partial charge in [0, 0.05) is 23.2 Å². The SMILES string of the molecule is CCC(N)c1ccc(Sc2n[nH]c(=O)n2C(C)C)cn1. The second-order valence-electron chi connectivity index (χ2n) is 4.81. The number of aromatic amines is 1. The third kappa shape index (κ3) is 3.10. The third-order valence-electron chi connectivity index (χ3n) is 2.98. The number of hydrogen-bond acceptors (Lipinski definition) is 5. The maximum atomic E-state index is 11.7. The number of H-pyrrole nitrogens is 1. The molecule has 0 amide bonds. The van der Waals surface area contributed by atoms with E-state index in [0.717, 1.165) is 17.0 Å². The van der Waals surface area contributed by atoms with Gasteiger partial charge in [0.15, 0.2) is 5.16 Å². The van der Waals surface area contributed by atoms with Crippen LogP contribution >= 0.6 is 11.8 Å². The molecule has 0 saturated carbocycles. The van der Waals surface area contributed by atoms with Crippen LogP contribution in [0.4, 0.5) is 0 Å². The summed E-state index contributed by atoms with van der Waals surface area (Å²) < 4.78 is 1.62. The molecule has 2 rings (SSSR count). The number of nitrogens with zero attached hydrogens (tertiary/aromatic N) is 3. The van der Waals surface area contributed by atoms with Gasteiger partial charge in [-0.05, 0) is 44.2 Å². The van der Waals surface area contributed by atoms with E-state index in [1.54, 1.807) is 10.8 Å². The highest BCUT2D eigenvalue weighted by Gasteiger charge is 2.13. The first kappa shape index (κ1) is 14.8. The Bertz CT molecular complexity index is 616. The van der Waals surface area contributed by atoms with Crippen molar-refractivity contribution in [3.05, 3.63) is 34.5 Å². The van der Waals surface area contributed by atoms with Crippen molar-refractivity contribution in [3.63, 3.8) is 0 Å². The van der Waals surface area contributed by atoms with E-state index < -0.39 is 0 Å². The maximum absolute atomic E-state index is 11.7. The molecule has 1 atom stereocenters. The summed E-state index contributed by atoms with van der Waals surface area (Å²) in [6, 6.07) is 3.89. The Morgan fingerprint density at radius 2 is 2.20 bits per heavy atom. The number of hydrogen-bond donors (Lipinski definition) is 2. The summed E-state index contributed by atoms with van der Waals surface area (Å²) in [6.07, 6.45) is 2.62. The molecule has 108 valence electrons. The van der Waals surface area contributed by atoms with Crippen molar-refractivity contribution in [3.8, 4) is 0 Å². The minimum Gasteiger partial charge on any atom is -0.323 e. The molecular formula is C13H19N5OS. The lowest BCUT2D eigenvalue weighted by atomic mass is 10.1. The second kappa shape index (κ2) is 6.23. The largest absolute Gasteiger partial charge is 0.344 e. The summed E-state index contributed by atoms with van der Waals surface area (Å²) >= 11 is 1.41. The van der Waals surface area contributed by atoms with Gasteiger partial charge in [-0.25, -0.2) is 9.89 Å². The van der Waals surface area contributed by atoms with Gasteiger partial charge >= 0.3 is 5.69 Å². The molecule has 7 heteroatoms. The molecule has 2 aromatic heterocycles. The van der Waals surface area contributed by atoms with Crippen LogP contribution in [-0.4, -0.2) is 19.7 Å². The summed E-state index contributed by atoms with van der Waals surface area (Å²) in [5.74, 6) is 0. The number of nitrogens with two attached hydrogens (primary N) is 1. The van der Waals surface area contributed by atoms with E-state index in [-0.39, 0.29) is 17.8 Å². The van der Waals surface area contributed by atoms with Gasteiger partial charge in [0.2, 0.25) is 0 Å². The van der Waals surface area contributed by atoms with Crippen LogP contribution in [-0.2, 0) is 0 Å². The summed E-state index contributed by atoms with van der Waals surface area (Å²) in [7, 11) is 0. The molecule has 2 heterocycles. The number of nitrogens with one attached hydrogen (secondary N) is 1. The summed E-state index contributed by atoms with van der Waals surface area (Å²) in [5.41, 5.74) is 6.61. The van der Waals surface area contributed by atoms with E-state index in [0.29, 0.717) is 5.16 Å². The molecule has 0 saturated heterocycles. The zero-order valence-electron chi connectivity index (χ0n) is 11.8. The van der Waals surface area contributed by atoms with E-state index in [9.17, 15) is 4.79 Å². The molecule has 0 spiro atoms. The second-order valence-corrected chi connectivity index (χ2v) is 5.85. The van der Waals surface area contributed by atoms with Gasteiger partial charge in [0.1, 0.15) is 0 Å². The van der Waals surface area contributed by atoms with Crippen LogP contribution in [0, 0.1) is 0 Å². The van der Waals surface area contributed by atoms with Gasteiger partial charge in [0.05, 0.1) is 5.69 Å². The Kier molecular flexibility index (Phi) is 4.61. The summed E-state index contributed by atoms with van der Waals surface area (Å²) in [5, 5.41) is 7.15. The van der Waals surface area contributed by atoms with Crippen molar-refractivity contribution >= 4 is 11.8 Å². The minimum atomic E-state index is -0.194. The Morgan fingerprint density at radius 3 is 2.75 bits per heavy atom. The smallest absolute Gasteiger partial charge is 0.323 e. The van der Waals surface area contributed by atoms with E-state index in [1.165, 1.54) is 11.8 Å². The minimum absolute atomic E-state index is 0.0340. The van der Waals surface area contributed by atoms with Crippen LogP contribution in [0.2, 0.25) is 0 Å². The zero-order valence-corrected chi connectivity index (χ0v) is 12.6. The Balaban J connectivity index is 2.21. The Labute approximate surface area is 121 Å². The van der Waals surface area contributed by atoms with E-state index in [2.05, 4.69) is 15.2 Å². The van der Waals surface area contributed by atoms with E-state index in [1.807, 2.05) is 32.9 Å². The predicted octanol–water partition coefficient (Wildman–Crippen LogP) is 2.11. The molecule has 0 fully saturated rings. The first-order valence-corrected chi connectivity index (χ1v) is 7.40. The average Bonchev–Trinajstić information content (AvgIpc) is 2.79. The molecular weight excluding hydrogens is 274 g/mol. The van der Waals surface area contributed by atoms with Crippen molar-refractivity contribution in [1.29, 1.82) is 0 Å². The molecule has 6 nitrogen and oxygen atoms in total. The molecule has 0 radical (unpaired) electrons. The summed E-state index contributed by atoms with van der Waals surface area (Å²) in [4.78, 5) is 16.9. The molecule has 0 aliphatic rings. The van der Waals surface area contributed by atoms with Crippen LogP contribution in [0.25, 0.3) is 0 Å². The molecule has 20 heavy (non-hydrogen) atoms. The van der Waals surface area contributed by atoms with Crippen molar-refractivity contribution in [2.24, 2.45) is 5.73 Å². The molecule has 0 aromatic carbocycles. The van der Waals surface area contributed by atoms with Crippen molar-refractivity contribution in [1.82, 2.24) is 19.7 Å². The van der Waals surface area contributed by atoms with Crippen molar-refractivity contribution in [2.45, 2.75) is 49.3 Å². The van der Waals surface area contributed by atoms with Crippen molar-refractivity contribution in [2.75, 3.05) is 0 Å². The van der Waals surface area contributed by atoms with E-state index in [4.69, 9.17) is 5.73 Å². The van der Waals surface area contributed by atoms with Gasteiger partial charge in [-0.3, -0.25) is 9.55 Å². The van der Waals surface area contributed by atoms with Gasteiger partial charge in [-0.15, -0.1) is 5.10 Å². The fraction of sp³-hybridized carbons (Fsp3) is 0.462. The first-order valence-electron chi connectivity index (χ1n) is 6.59. The maximum Gasteiger partial charge on any atom is 0.344 e. The molecule has 3 N–H and O–H groups in total. The normalized spacial score (nSPS) is 12.8. The van der Waals surface area contributed by atoms with Gasteiger partial charge in [-0.2, -0.15) is 0 Å². The highest BCUT2D eigenvalue weighted by molar-refractivity contribution is 7.99. The van der Waals surface area contributed by atoms with Gasteiger partial charge in [0.25, 0.3) is 0 Å². The summed E-state index contributed by atoms with van der Waals surface area (Å²) in [6.45, 7) is 5.92.